The second kappa shape index (κ2) is 10.8. The maximum atomic E-state index is 5.20. The molecule has 214 valence electrons. The number of fused-ring (bicyclic) bond motifs is 8. The van der Waals surface area contributed by atoms with Gasteiger partial charge in [0.15, 0.2) is 0 Å². The van der Waals surface area contributed by atoms with Crippen LogP contribution in [0.15, 0.2) is 105 Å². The molecule has 8 heterocycles. The second-order valence-corrected chi connectivity index (χ2v) is 13.3. The van der Waals surface area contributed by atoms with Gasteiger partial charge in [0, 0.05) is 27.6 Å². The predicted octanol–water partition coefficient (Wildman–Crippen LogP) is 11.5. The summed E-state index contributed by atoms with van der Waals surface area (Å²) in [5.74, 6) is 0. The number of thiophene rings is 3. The molecule has 8 bridgehead atoms. The van der Waals surface area contributed by atoms with Gasteiger partial charge in [-0.25, -0.2) is 9.97 Å². The van der Waals surface area contributed by atoms with Crippen LogP contribution in [0.1, 0.15) is 22.8 Å². The zero-order chi connectivity index (χ0) is 29.7. The molecule has 4 nitrogen and oxygen atoms in total. The Balaban J connectivity index is 1.41. The Bertz CT molecular complexity index is 2420. The quantitative estimate of drug-likeness (QED) is 0.203. The third kappa shape index (κ3) is 4.82. The zero-order valence-electron chi connectivity index (χ0n) is 23.8. The summed E-state index contributed by atoms with van der Waals surface area (Å²) in [6, 6.07) is 26.0. The molecular weight excluding hydrogens is 609 g/mol. The summed E-state index contributed by atoms with van der Waals surface area (Å²) in [4.78, 5) is 17.3. The molecule has 0 fully saturated rings. The van der Waals surface area contributed by atoms with E-state index in [1.165, 1.54) is 33.4 Å². The Morgan fingerprint density at radius 2 is 0.978 bits per heavy atom. The minimum atomic E-state index is 0.903. The summed E-state index contributed by atoms with van der Waals surface area (Å²) >= 11 is 5.18. The van der Waals surface area contributed by atoms with E-state index in [0.717, 1.165) is 56.0 Å². The van der Waals surface area contributed by atoms with Gasteiger partial charge in [-0.05, 0) is 156 Å². The molecule has 9 rings (SSSR count). The topological polar surface area (TPSA) is 57.4 Å². The summed E-state index contributed by atoms with van der Waals surface area (Å²) in [6.45, 7) is 0. The standard InChI is InChI=1S/C38H24N4S3/c1-3-28-18-30-5-9-34(41-30)38(35-10-6-31(42-35)19-29-4-2-27(40-29)17-26(1)39-28)33-8-7-32(23-11-14-43-20-23)36(24-12-15-44-21-24)37(33)25-13-16-45-22-25/h1-22,39,42H. The van der Waals surface area contributed by atoms with E-state index in [2.05, 4.69) is 133 Å². The van der Waals surface area contributed by atoms with Crippen molar-refractivity contribution in [3.05, 3.63) is 128 Å². The smallest absolute Gasteiger partial charge is 0.0737 e. The molecule has 2 aliphatic rings. The fraction of sp³-hybridized carbons (Fsp3) is 0. The first-order chi connectivity index (χ1) is 22.2. The number of hydrogen-bond acceptors (Lipinski definition) is 5. The molecule has 0 radical (unpaired) electrons. The molecule has 0 spiro atoms. The van der Waals surface area contributed by atoms with E-state index in [9.17, 15) is 0 Å². The first kappa shape index (κ1) is 26.3. The average molecular weight is 633 g/mol. The summed E-state index contributed by atoms with van der Waals surface area (Å²) in [5.41, 5.74) is 17.2. The van der Waals surface area contributed by atoms with Crippen LogP contribution in [0, 0.1) is 0 Å². The highest BCUT2D eigenvalue weighted by atomic mass is 32.1. The lowest BCUT2D eigenvalue weighted by Gasteiger charge is -2.19. The van der Waals surface area contributed by atoms with Gasteiger partial charge < -0.3 is 9.97 Å². The fourth-order valence-corrected chi connectivity index (χ4v) is 8.12. The van der Waals surface area contributed by atoms with Crippen molar-refractivity contribution in [1.29, 1.82) is 0 Å². The van der Waals surface area contributed by atoms with Crippen molar-refractivity contribution in [2.24, 2.45) is 0 Å². The minimum Gasteiger partial charge on any atom is -0.355 e. The van der Waals surface area contributed by atoms with Crippen LogP contribution >= 0.6 is 34.0 Å². The van der Waals surface area contributed by atoms with E-state index >= 15 is 0 Å². The largest absolute Gasteiger partial charge is 0.355 e. The molecule has 2 N–H and O–H groups in total. The fourth-order valence-electron chi connectivity index (χ4n) is 6.17. The van der Waals surface area contributed by atoms with Gasteiger partial charge in [0.05, 0.1) is 22.8 Å². The number of rotatable bonds is 4. The van der Waals surface area contributed by atoms with Crippen molar-refractivity contribution in [3.8, 4) is 44.5 Å². The van der Waals surface area contributed by atoms with Gasteiger partial charge in [0.2, 0.25) is 0 Å². The van der Waals surface area contributed by atoms with E-state index in [1.807, 2.05) is 6.08 Å². The number of aromatic amines is 2. The molecule has 0 unspecified atom stereocenters. The zero-order valence-corrected chi connectivity index (χ0v) is 26.3. The van der Waals surface area contributed by atoms with Crippen molar-refractivity contribution < 1.29 is 0 Å². The lowest BCUT2D eigenvalue weighted by atomic mass is 9.84. The second-order valence-electron chi connectivity index (χ2n) is 11.0. The molecule has 45 heavy (non-hydrogen) atoms. The molecule has 7 heteroatoms. The predicted molar refractivity (Wildman–Crippen MR) is 194 cm³/mol. The molecular formula is C38H24N4S3. The Kier molecular flexibility index (Phi) is 6.33. The Morgan fingerprint density at radius 1 is 0.444 bits per heavy atom. The van der Waals surface area contributed by atoms with Gasteiger partial charge in [0.1, 0.15) is 0 Å². The van der Waals surface area contributed by atoms with Gasteiger partial charge >= 0.3 is 0 Å². The molecule has 6 aromatic heterocycles. The highest BCUT2D eigenvalue weighted by Crippen LogP contribution is 2.48. The first-order valence-electron chi connectivity index (χ1n) is 14.6. The van der Waals surface area contributed by atoms with Crippen LogP contribution < -0.4 is 0 Å². The van der Waals surface area contributed by atoms with Crippen LogP contribution in [-0.4, -0.2) is 19.9 Å². The highest BCUT2D eigenvalue weighted by Gasteiger charge is 2.22. The highest BCUT2D eigenvalue weighted by molar-refractivity contribution is 7.08. The summed E-state index contributed by atoms with van der Waals surface area (Å²) in [7, 11) is 0. The van der Waals surface area contributed by atoms with Crippen molar-refractivity contribution in [3.63, 3.8) is 0 Å². The molecule has 2 aliphatic heterocycles. The van der Waals surface area contributed by atoms with Crippen LogP contribution in [0.25, 0.3) is 90.9 Å². The number of H-pyrrole nitrogens is 2. The maximum absolute atomic E-state index is 5.20. The average Bonchev–Trinajstić information content (AvgIpc) is 3.90. The molecule has 1 aromatic carbocycles. The number of nitrogens with one attached hydrogen (secondary N) is 2. The van der Waals surface area contributed by atoms with Crippen molar-refractivity contribution in [2.45, 2.75) is 0 Å². The van der Waals surface area contributed by atoms with E-state index in [4.69, 9.17) is 9.97 Å². The van der Waals surface area contributed by atoms with Gasteiger partial charge in [-0.1, -0.05) is 12.1 Å². The normalized spacial score (nSPS) is 12.3. The van der Waals surface area contributed by atoms with Crippen LogP contribution in [0.4, 0.5) is 0 Å². The molecule has 0 saturated heterocycles. The van der Waals surface area contributed by atoms with E-state index in [1.54, 1.807) is 34.0 Å². The number of benzene rings is 1. The minimum absolute atomic E-state index is 0.903. The van der Waals surface area contributed by atoms with Crippen LogP contribution in [0.5, 0.6) is 0 Å². The third-order valence-electron chi connectivity index (χ3n) is 8.15. The van der Waals surface area contributed by atoms with Crippen LogP contribution in [0.2, 0.25) is 0 Å². The maximum Gasteiger partial charge on any atom is 0.0737 e. The molecule has 0 amide bonds. The Morgan fingerprint density at radius 3 is 1.62 bits per heavy atom. The van der Waals surface area contributed by atoms with Crippen molar-refractivity contribution in [2.75, 3.05) is 0 Å². The van der Waals surface area contributed by atoms with Crippen molar-refractivity contribution >= 4 is 80.4 Å². The van der Waals surface area contributed by atoms with Gasteiger partial charge in [-0.3, -0.25) is 0 Å². The monoisotopic (exact) mass is 632 g/mol. The number of nitrogens with zero attached hydrogens (tertiary/aromatic N) is 2. The number of aromatic nitrogens is 4. The Labute approximate surface area is 271 Å². The van der Waals surface area contributed by atoms with Gasteiger partial charge in [-0.2, -0.15) is 34.0 Å². The van der Waals surface area contributed by atoms with E-state index < -0.39 is 0 Å². The molecule has 7 aromatic rings. The molecule has 0 atom stereocenters. The number of hydrogen-bond donors (Lipinski definition) is 2. The molecule has 0 saturated carbocycles. The summed E-state index contributed by atoms with van der Waals surface area (Å²) in [6.07, 6.45) is 8.34. The van der Waals surface area contributed by atoms with Crippen molar-refractivity contribution in [1.82, 2.24) is 19.9 Å². The van der Waals surface area contributed by atoms with Gasteiger partial charge in [-0.15, -0.1) is 0 Å². The van der Waals surface area contributed by atoms with Crippen LogP contribution in [0.3, 0.4) is 0 Å². The van der Waals surface area contributed by atoms with E-state index in [-0.39, 0.29) is 0 Å². The SMILES string of the molecule is C1=Cc2cc3ccc([nH]3)c(-c3ccc(-c4ccsc4)c(-c4ccsc4)c3-c3ccsc3)c3nc(cc4ccc(cc1n2)[nH]4)C=C3. The lowest BCUT2D eigenvalue weighted by molar-refractivity contribution is 1.31. The van der Waals surface area contributed by atoms with E-state index in [0.29, 0.717) is 0 Å². The van der Waals surface area contributed by atoms with Gasteiger partial charge in [0.25, 0.3) is 0 Å². The first-order valence-corrected chi connectivity index (χ1v) is 17.4. The molecule has 0 aliphatic carbocycles. The Hall–Kier alpha value is -5.08. The third-order valence-corrected chi connectivity index (χ3v) is 10.2. The summed E-state index contributed by atoms with van der Waals surface area (Å²) < 4.78 is 0. The van der Waals surface area contributed by atoms with Crippen LogP contribution in [-0.2, 0) is 0 Å². The summed E-state index contributed by atoms with van der Waals surface area (Å²) in [5, 5.41) is 13.2. The lowest BCUT2D eigenvalue weighted by Crippen LogP contribution is -1.94.